The number of aliphatic hydroxyl groups excluding tert-OH is 1. The van der Waals surface area contributed by atoms with Gasteiger partial charge in [-0.05, 0) is 43.7 Å². The van der Waals surface area contributed by atoms with E-state index in [0.717, 1.165) is 43.4 Å². The zero-order chi connectivity index (χ0) is 15.4. The molecule has 2 aromatic rings. The van der Waals surface area contributed by atoms with Crippen LogP contribution in [0.25, 0.3) is 10.9 Å². The molecule has 2 fully saturated rings. The van der Waals surface area contributed by atoms with Crippen molar-refractivity contribution in [1.29, 1.82) is 0 Å². The number of halogens is 2. The van der Waals surface area contributed by atoms with E-state index < -0.39 is 11.6 Å². The lowest BCUT2D eigenvalue weighted by Crippen LogP contribution is -2.23. The van der Waals surface area contributed by atoms with Crippen LogP contribution in [0.2, 0.25) is 0 Å². The summed E-state index contributed by atoms with van der Waals surface area (Å²) in [6.07, 6.45) is 1.46. The largest absolute Gasteiger partial charge is 0.393 e. The summed E-state index contributed by atoms with van der Waals surface area (Å²) in [5.74, 6) is -0.254. The number of aromatic nitrogens is 1. The zero-order valence-electron chi connectivity index (χ0n) is 12.4. The second-order valence-electron chi connectivity index (χ2n) is 6.62. The van der Waals surface area contributed by atoms with Gasteiger partial charge < -0.3 is 10.0 Å². The molecule has 2 aliphatic rings. The SMILES string of the molecule is Cc1cc(N2C[C@H]3CC(O)C[C@H]3C2)c2cc(F)cc(F)c2n1. The Bertz CT molecular complexity index is 735. The Balaban J connectivity index is 1.79. The fourth-order valence-electron chi connectivity index (χ4n) is 4.09. The van der Waals surface area contributed by atoms with Gasteiger partial charge in [0.15, 0.2) is 5.82 Å². The third-order valence-electron chi connectivity index (χ3n) is 5.00. The topological polar surface area (TPSA) is 36.4 Å². The second kappa shape index (κ2) is 4.88. The Morgan fingerprint density at radius 1 is 1.14 bits per heavy atom. The number of aliphatic hydroxyl groups is 1. The maximum atomic E-state index is 14.0. The van der Waals surface area contributed by atoms with Crippen LogP contribution in [0, 0.1) is 30.4 Å². The van der Waals surface area contributed by atoms with Gasteiger partial charge in [-0.3, -0.25) is 0 Å². The first-order valence-electron chi connectivity index (χ1n) is 7.70. The average Bonchev–Trinajstić information content (AvgIpc) is 2.96. The highest BCUT2D eigenvalue weighted by atomic mass is 19.1. The Kier molecular flexibility index (Phi) is 3.08. The van der Waals surface area contributed by atoms with Gasteiger partial charge in [-0.15, -0.1) is 0 Å². The molecule has 1 unspecified atom stereocenters. The minimum atomic E-state index is -0.616. The van der Waals surface area contributed by atoms with Crippen molar-refractivity contribution >= 4 is 16.6 Å². The van der Waals surface area contributed by atoms with Gasteiger partial charge in [0.2, 0.25) is 0 Å². The number of aryl methyl sites for hydroxylation is 1. The number of anilines is 1. The highest BCUT2D eigenvalue weighted by molar-refractivity contribution is 5.92. The van der Waals surface area contributed by atoms with Crippen molar-refractivity contribution in [3.8, 4) is 0 Å². The van der Waals surface area contributed by atoms with Crippen molar-refractivity contribution in [3.63, 3.8) is 0 Å². The number of rotatable bonds is 1. The maximum Gasteiger partial charge on any atom is 0.152 e. The fourth-order valence-corrected chi connectivity index (χ4v) is 4.09. The van der Waals surface area contributed by atoms with E-state index in [1.807, 2.05) is 13.0 Å². The minimum Gasteiger partial charge on any atom is -0.393 e. The van der Waals surface area contributed by atoms with E-state index >= 15 is 0 Å². The highest BCUT2D eigenvalue weighted by Gasteiger charge is 2.40. The third-order valence-corrected chi connectivity index (χ3v) is 5.00. The van der Waals surface area contributed by atoms with Gasteiger partial charge in [-0.2, -0.15) is 0 Å². The van der Waals surface area contributed by atoms with E-state index in [2.05, 4.69) is 9.88 Å². The van der Waals surface area contributed by atoms with Crippen LogP contribution in [0.5, 0.6) is 0 Å². The van der Waals surface area contributed by atoms with E-state index in [0.29, 0.717) is 17.2 Å². The van der Waals surface area contributed by atoms with E-state index in [-0.39, 0.29) is 11.6 Å². The summed E-state index contributed by atoms with van der Waals surface area (Å²) in [7, 11) is 0. The summed E-state index contributed by atoms with van der Waals surface area (Å²) in [6, 6.07) is 4.15. The summed E-state index contributed by atoms with van der Waals surface area (Å²) in [4.78, 5) is 6.42. The average molecular weight is 304 g/mol. The maximum absolute atomic E-state index is 14.0. The molecule has 1 aliphatic carbocycles. The first-order valence-corrected chi connectivity index (χ1v) is 7.70. The number of pyridine rings is 1. The number of hydrogen-bond acceptors (Lipinski definition) is 3. The molecule has 0 radical (unpaired) electrons. The van der Waals surface area contributed by atoms with Crippen molar-refractivity contribution in [1.82, 2.24) is 4.98 Å². The van der Waals surface area contributed by atoms with Crippen LogP contribution in [-0.4, -0.2) is 29.3 Å². The summed E-state index contributed by atoms with van der Waals surface area (Å²) in [5, 5.41) is 10.3. The normalized spacial score (nSPS) is 27.6. The molecule has 1 aromatic heterocycles. The van der Waals surface area contributed by atoms with Crippen LogP contribution < -0.4 is 4.90 Å². The molecule has 3 atom stereocenters. The first kappa shape index (κ1) is 13.9. The summed E-state index contributed by atoms with van der Waals surface area (Å²) < 4.78 is 27.6. The molecule has 116 valence electrons. The summed E-state index contributed by atoms with van der Waals surface area (Å²) in [5.41, 5.74) is 1.81. The van der Waals surface area contributed by atoms with Gasteiger partial charge >= 0.3 is 0 Å². The van der Waals surface area contributed by atoms with Crippen molar-refractivity contribution in [2.45, 2.75) is 25.9 Å². The lowest BCUT2D eigenvalue weighted by atomic mass is 10.0. The van der Waals surface area contributed by atoms with Gasteiger partial charge in [0.1, 0.15) is 11.3 Å². The molecular formula is C17H18F2N2O. The molecule has 1 aliphatic heterocycles. The number of fused-ring (bicyclic) bond motifs is 2. The van der Waals surface area contributed by atoms with Gasteiger partial charge in [-0.1, -0.05) is 0 Å². The fraction of sp³-hybridized carbons (Fsp3) is 0.471. The quantitative estimate of drug-likeness (QED) is 0.880. The number of benzene rings is 1. The van der Waals surface area contributed by atoms with Crippen molar-refractivity contribution < 1.29 is 13.9 Å². The highest BCUT2D eigenvalue weighted by Crippen LogP contribution is 2.41. The van der Waals surface area contributed by atoms with E-state index in [4.69, 9.17) is 0 Å². The van der Waals surface area contributed by atoms with Crippen LogP contribution in [0.4, 0.5) is 14.5 Å². The minimum absolute atomic E-state index is 0.192. The molecule has 1 N–H and O–H groups in total. The summed E-state index contributed by atoms with van der Waals surface area (Å²) in [6.45, 7) is 3.49. The molecular weight excluding hydrogens is 286 g/mol. The Hall–Kier alpha value is -1.75. The smallest absolute Gasteiger partial charge is 0.152 e. The standard InChI is InChI=1S/C17H18F2N2O/c1-9-2-16(14-5-12(18)6-15(19)17(14)20-9)21-7-10-3-13(22)4-11(10)8-21/h2,5-6,10-11,13,22H,3-4,7-8H2,1H3/t10-,11+,13?. The summed E-state index contributed by atoms with van der Waals surface area (Å²) >= 11 is 0. The van der Waals surface area contributed by atoms with Gasteiger partial charge in [0.25, 0.3) is 0 Å². The lowest BCUT2D eigenvalue weighted by molar-refractivity contribution is 0.174. The molecule has 1 saturated heterocycles. The van der Waals surface area contributed by atoms with Crippen molar-refractivity contribution in [2.24, 2.45) is 11.8 Å². The Labute approximate surface area is 127 Å². The van der Waals surface area contributed by atoms with E-state index in [1.54, 1.807) is 0 Å². The Morgan fingerprint density at radius 2 is 1.82 bits per heavy atom. The molecule has 22 heavy (non-hydrogen) atoms. The molecule has 0 amide bonds. The van der Waals surface area contributed by atoms with Crippen LogP contribution >= 0.6 is 0 Å². The predicted octanol–water partition coefficient (Wildman–Crippen LogP) is 3.03. The lowest BCUT2D eigenvalue weighted by Gasteiger charge is -2.22. The number of hydrogen-bond donors (Lipinski definition) is 1. The van der Waals surface area contributed by atoms with Gasteiger partial charge in [-0.25, -0.2) is 13.8 Å². The zero-order valence-corrected chi connectivity index (χ0v) is 12.4. The molecule has 2 heterocycles. The monoisotopic (exact) mass is 304 g/mol. The molecule has 1 saturated carbocycles. The van der Waals surface area contributed by atoms with Crippen molar-refractivity contribution in [2.75, 3.05) is 18.0 Å². The molecule has 0 bridgehead atoms. The second-order valence-corrected chi connectivity index (χ2v) is 6.62. The predicted molar refractivity (Wildman–Crippen MR) is 80.8 cm³/mol. The van der Waals surface area contributed by atoms with Gasteiger partial charge in [0.05, 0.1) is 6.10 Å². The van der Waals surface area contributed by atoms with Crippen molar-refractivity contribution in [3.05, 3.63) is 35.5 Å². The first-order chi connectivity index (χ1) is 10.5. The van der Waals surface area contributed by atoms with Crippen LogP contribution in [0.15, 0.2) is 18.2 Å². The Morgan fingerprint density at radius 3 is 2.50 bits per heavy atom. The van der Waals surface area contributed by atoms with E-state index in [9.17, 15) is 13.9 Å². The van der Waals surface area contributed by atoms with E-state index in [1.165, 1.54) is 6.07 Å². The van der Waals surface area contributed by atoms with Crippen LogP contribution in [0.1, 0.15) is 18.5 Å². The molecule has 5 heteroatoms. The molecule has 0 spiro atoms. The molecule has 4 rings (SSSR count). The number of nitrogens with zero attached hydrogens (tertiary/aromatic N) is 2. The molecule has 3 nitrogen and oxygen atoms in total. The van der Waals surface area contributed by atoms with Crippen LogP contribution in [-0.2, 0) is 0 Å². The molecule has 1 aromatic carbocycles. The van der Waals surface area contributed by atoms with Gasteiger partial charge in [0, 0.05) is 35.9 Å². The van der Waals surface area contributed by atoms with Crippen LogP contribution in [0.3, 0.4) is 0 Å². The third kappa shape index (κ3) is 2.15.